The summed E-state index contributed by atoms with van der Waals surface area (Å²) in [6, 6.07) is 5.36. The summed E-state index contributed by atoms with van der Waals surface area (Å²) in [5.74, 6) is 0.238. The molecule has 1 aromatic rings. The Kier molecular flexibility index (Phi) is 3.44. The molecule has 5 heteroatoms. The number of rotatable bonds is 2. The lowest BCUT2D eigenvalue weighted by Crippen LogP contribution is -2.42. The SMILES string of the molecule is COc1cccc2c1C(C(=O)N1CCOCC1)CC2=O. The number of Topliss-reactive ketones (excluding diaryl/α,β-unsaturated/α-hetero) is 1. The Morgan fingerprint density at radius 1 is 1.35 bits per heavy atom. The van der Waals surface area contributed by atoms with Gasteiger partial charge in [0, 0.05) is 30.6 Å². The van der Waals surface area contributed by atoms with E-state index in [0.29, 0.717) is 37.6 Å². The van der Waals surface area contributed by atoms with Crippen LogP contribution in [0.5, 0.6) is 5.75 Å². The van der Waals surface area contributed by atoms with Crippen LogP contribution in [0.3, 0.4) is 0 Å². The Balaban J connectivity index is 1.93. The van der Waals surface area contributed by atoms with Gasteiger partial charge in [0.05, 0.1) is 26.2 Å². The maximum atomic E-state index is 12.6. The van der Waals surface area contributed by atoms with Crippen molar-refractivity contribution < 1.29 is 19.1 Å². The van der Waals surface area contributed by atoms with Gasteiger partial charge < -0.3 is 14.4 Å². The van der Waals surface area contributed by atoms with Crippen molar-refractivity contribution in [3.63, 3.8) is 0 Å². The van der Waals surface area contributed by atoms with E-state index in [1.54, 1.807) is 30.2 Å². The van der Waals surface area contributed by atoms with Crippen molar-refractivity contribution in [3.8, 4) is 5.75 Å². The topological polar surface area (TPSA) is 55.8 Å². The van der Waals surface area contributed by atoms with Gasteiger partial charge in [0.2, 0.25) is 5.91 Å². The van der Waals surface area contributed by atoms with E-state index in [2.05, 4.69) is 0 Å². The normalized spacial score (nSPS) is 21.8. The second kappa shape index (κ2) is 5.25. The Hall–Kier alpha value is -1.88. The molecule has 0 bridgehead atoms. The fourth-order valence-corrected chi connectivity index (χ4v) is 2.94. The first kappa shape index (κ1) is 13.1. The maximum Gasteiger partial charge on any atom is 0.230 e. The molecule has 0 spiro atoms. The largest absolute Gasteiger partial charge is 0.496 e. The van der Waals surface area contributed by atoms with Gasteiger partial charge in [0.1, 0.15) is 5.75 Å². The number of amides is 1. The van der Waals surface area contributed by atoms with E-state index in [1.807, 2.05) is 0 Å². The first-order chi connectivity index (χ1) is 9.72. The molecule has 0 radical (unpaired) electrons. The van der Waals surface area contributed by atoms with Crippen LogP contribution in [0.1, 0.15) is 28.3 Å². The highest BCUT2D eigenvalue weighted by atomic mass is 16.5. The van der Waals surface area contributed by atoms with Crippen LogP contribution in [0.25, 0.3) is 0 Å². The standard InChI is InChI=1S/C15H17NO4/c1-19-13-4-2-3-10-12(17)9-11(14(10)13)15(18)16-5-7-20-8-6-16/h2-4,11H,5-9H2,1H3. The van der Waals surface area contributed by atoms with Gasteiger partial charge in [-0.2, -0.15) is 0 Å². The lowest BCUT2D eigenvalue weighted by molar-refractivity contribution is -0.136. The number of carbonyl (C=O) groups is 2. The maximum absolute atomic E-state index is 12.6. The van der Waals surface area contributed by atoms with Crippen LogP contribution in [0.2, 0.25) is 0 Å². The fourth-order valence-electron chi connectivity index (χ4n) is 2.94. The minimum absolute atomic E-state index is 0.00454. The summed E-state index contributed by atoms with van der Waals surface area (Å²) >= 11 is 0. The molecular formula is C15H17NO4. The van der Waals surface area contributed by atoms with Crippen LogP contribution in [0.15, 0.2) is 18.2 Å². The van der Waals surface area contributed by atoms with Crippen molar-refractivity contribution in [2.75, 3.05) is 33.4 Å². The van der Waals surface area contributed by atoms with E-state index < -0.39 is 5.92 Å². The Bertz CT molecular complexity index is 549. The zero-order valence-electron chi connectivity index (χ0n) is 11.4. The van der Waals surface area contributed by atoms with Gasteiger partial charge in [-0.15, -0.1) is 0 Å². The molecule has 0 aromatic heterocycles. The minimum Gasteiger partial charge on any atom is -0.496 e. The smallest absolute Gasteiger partial charge is 0.230 e. The highest BCUT2D eigenvalue weighted by Crippen LogP contribution is 2.40. The Labute approximate surface area is 117 Å². The third-order valence-electron chi connectivity index (χ3n) is 3.95. The molecule has 106 valence electrons. The summed E-state index contributed by atoms with van der Waals surface area (Å²) in [6.45, 7) is 2.30. The molecule has 1 fully saturated rings. The molecule has 1 heterocycles. The zero-order chi connectivity index (χ0) is 14.1. The van der Waals surface area contributed by atoms with Crippen molar-refractivity contribution in [2.45, 2.75) is 12.3 Å². The predicted octanol–water partition coefficient (Wildman–Crippen LogP) is 1.22. The number of ketones is 1. The van der Waals surface area contributed by atoms with Gasteiger partial charge in [0.25, 0.3) is 0 Å². The van der Waals surface area contributed by atoms with Gasteiger partial charge in [0.15, 0.2) is 5.78 Å². The third-order valence-corrected chi connectivity index (χ3v) is 3.95. The van der Waals surface area contributed by atoms with Crippen molar-refractivity contribution in [2.24, 2.45) is 0 Å². The van der Waals surface area contributed by atoms with Crippen LogP contribution in [-0.2, 0) is 9.53 Å². The van der Waals surface area contributed by atoms with Gasteiger partial charge in [-0.3, -0.25) is 9.59 Å². The van der Waals surface area contributed by atoms with Crippen molar-refractivity contribution in [1.82, 2.24) is 4.90 Å². The molecule has 3 rings (SSSR count). The Morgan fingerprint density at radius 3 is 2.80 bits per heavy atom. The number of morpholine rings is 1. The number of hydrogen-bond acceptors (Lipinski definition) is 4. The Morgan fingerprint density at radius 2 is 2.10 bits per heavy atom. The second-order valence-corrected chi connectivity index (χ2v) is 5.04. The predicted molar refractivity (Wildman–Crippen MR) is 72.1 cm³/mol. The van der Waals surface area contributed by atoms with Crippen molar-refractivity contribution in [3.05, 3.63) is 29.3 Å². The molecular weight excluding hydrogens is 258 g/mol. The molecule has 1 aliphatic heterocycles. The van der Waals surface area contributed by atoms with E-state index >= 15 is 0 Å². The molecule has 2 aliphatic rings. The molecule has 20 heavy (non-hydrogen) atoms. The number of fused-ring (bicyclic) bond motifs is 1. The number of hydrogen-bond donors (Lipinski definition) is 0. The first-order valence-corrected chi connectivity index (χ1v) is 6.79. The van der Waals surface area contributed by atoms with Crippen LogP contribution in [0.4, 0.5) is 0 Å². The number of methoxy groups -OCH3 is 1. The molecule has 0 saturated carbocycles. The van der Waals surface area contributed by atoms with Gasteiger partial charge in [-0.1, -0.05) is 12.1 Å². The van der Waals surface area contributed by atoms with Crippen LogP contribution < -0.4 is 4.74 Å². The summed E-state index contributed by atoms with van der Waals surface area (Å²) in [7, 11) is 1.56. The summed E-state index contributed by atoms with van der Waals surface area (Å²) in [6.07, 6.45) is 0.242. The molecule has 1 amide bonds. The fraction of sp³-hybridized carbons (Fsp3) is 0.467. The van der Waals surface area contributed by atoms with Gasteiger partial charge in [-0.25, -0.2) is 0 Å². The molecule has 1 aliphatic carbocycles. The van der Waals surface area contributed by atoms with Crippen LogP contribution >= 0.6 is 0 Å². The molecule has 1 atom stereocenters. The minimum atomic E-state index is -0.410. The first-order valence-electron chi connectivity index (χ1n) is 6.79. The van der Waals surface area contributed by atoms with Crippen LogP contribution in [-0.4, -0.2) is 50.0 Å². The van der Waals surface area contributed by atoms with Crippen molar-refractivity contribution in [1.29, 1.82) is 0 Å². The highest BCUT2D eigenvalue weighted by molar-refractivity contribution is 6.07. The monoisotopic (exact) mass is 275 g/mol. The van der Waals surface area contributed by atoms with E-state index in [9.17, 15) is 9.59 Å². The number of carbonyl (C=O) groups excluding carboxylic acids is 2. The summed E-state index contributed by atoms with van der Waals surface area (Å²) in [5.41, 5.74) is 1.37. The third kappa shape index (κ3) is 2.08. The highest BCUT2D eigenvalue weighted by Gasteiger charge is 2.39. The van der Waals surface area contributed by atoms with E-state index in [4.69, 9.17) is 9.47 Å². The lowest BCUT2D eigenvalue weighted by Gasteiger charge is -2.29. The molecule has 1 saturated heterocycles. The molecule has 0 N–H and O–H groups in total. The molecule has 1 unspecified atom stereocenters. The molecule has 1 aromatic carbocycles. The van der Waals surface area contributed by atoms with Crippen LogP contribution in [0, 0.1) is 0 Å². The average Bonchev–Trinajstić information content (AvgIpc) is 2.85. The van der Waals surface area contributed by atoms with Gasteiger partial charge in [-0.05, 0) is 6.07 Å². The second-order valence-electron chi connectivity index (χ2n) is 5.04. The lowest BCUT2D eigenvalue weighted by atomic mass is 9.98. The van der Waals surface area contributed by atoms with Gasteiger partial charge >= 0.3 is 0 Å². The van der Waals surface area contributed by atoms with E-state index in [-0.39, 0.29) is 18.1 Å². The summed E-state index contributed by atoms with van der Waals surface area (Å²) in [4.78, 5) is 26.5. The number of ether oxygens (including phenoxy) is 2. The zero-order valence-corrected chi connectivity index (χ0v) is 11.4. The summed E-state index contributed by atoms with van der Waals surface area (Å²) < 4.78 is 10.6. The quantitative estimate of drug-likeness (QED) is 0.814. The van der Waals surface area contributed by atoms with Crippen molar-refractivity contribution >= 4 is 11.7 Å². The molecule has 5 nitrogen and oxygen atoms in total. The summed E-state index contributed by atoms with van der Waals surface area (Å²) in [5, 5.41) is 0. The number of nitrogens with zero attached hydrogens (tertiary/aromatic N) is 1. The average molecular weight is 275 g/mol. The number of benzene rings is 1. The van der Waals surface area contributed by atoms with E-state index in [1.165, 1.54) is 0 Å². The van der Waals surface area contributed by atoms with E-state index in [0.717, 1.165) is 5.56 Å².